The third-order valence-electron chi connectivity index (χ3n) is 9.75. The first-order valence-corrected chi connectivity index (χ1v) is 16.6. The molecular weight excluding hydrogens is 672 g/mol. The third kappa shape index (κ3) is 5.61. The van der Waals surface area contributed by atoms with Crippen molar-refractivity contribution in [1.82, 2.24) is 34.2 Å². The number of carbonyl (C=O) groups excluding carboxylic acids is 1. The number of aryl methyl sites for hydroxylation is 1. The molecule has 0 unspecified atom stereocenters. The topological polar surface area (TPSA) is 136 Å². The number of amides is 1. The highest BCUT2D eigenvalue weighted by Gasteiger charge is 2.42. The molecule has 0 radical (unpaired) electrons. The monoisotopic (exact) mass is 705 g/mol. The van der Waals surface area contributed by atoms with E-state index in [1.54, 1.807) is 49.5 Å². The van der Waals surface area contributed by atoms with Crippen LogP contribution >= 0.6 is 0 Å². The summed E-state index contributed by atoms with van der Waals surface area (Å²) in [6.45, 7) is 2.67. The molecule has 3 atom stereocenters. The van der Waals surface area contributed by atoms with Gasteiger partial charge >= 0.3 is 0 Å². The van der Waals surface area contributed by atoms with Gasteiger partial charge in [-0.05, 0) is 48.9 Å². The molecule has 1 saturated heterocycles. The summed E-state index contributed by atoms with van der Waals surface area (Å²) >= 11 is 0. The number of methoxy groups -OCH3 is 2. The summed E-state index contributed by atoms with van der Waals surface area (Å²) in [6, 6.07) is 13.6. The van der Waals surface area contributed by atoms with E-state index >= 15 is 4.39 Å². The van der Waals surface area contributed by atoms with Gasteiger partial charge in [0.05, 0.1) is 60.6 Å². The van der Waals surface area contributed by atoms with E-state index < -0.39 is 29.9 Å². The zero-order chi connectivity index (χ0) is 36.3. The third-order valence-corrected chi connectivity index (χ3v) is 9.75. The Hall–Kier alpha value is -6.14. The summed E-state index contributed by atoms with van der Waals surface area (Å²) in [5, 5.41) is 15.1. The first kappa shape index (κ1) is 33.0. The molecule has 0 spiro atoms. The van der Waals surface area contributed by atoms with Crippen molar-refractivity contribution in [2.45, 2.75) is 38.1 Å². The van der Waals surface area contributed by atoms with Gasteiger partial charge in [0.25, 0.3) is 0 Å². The van der Waals surface area contributed by atoms with Crippen molar-refractivity contribution >= 4 is 33.8 Å². The number of carbonyl (C=O) groups is 1. The van der Waals surface area contributed by atoms with E-state index in [1.165, 1.54) is 42.4 Å². The molecule has 8 rings (SSSR count). The molecule has 0 N–H and O–H groups in total. The van der Waals surface area contributed by atoms with Gasteiger partial charge in [0.1, 0.15) is 58.9 Å². The van der Waals surface area contributed by atoms with E-state index in [2.05, 4.69) is 26.1 Å². The molecule has 264 valence electrons. The minimum Gasteiger partial charge on any atom is -0.494 e. The van der Waals surface area contributed by atoms with Gasteiger partial charge in [-0.15, -0.1) is 0 Å². The number of nitrogens with zero attached hydrogens (tertiary/aromatic N) is 9. The van der Waals surface area contributed by atoms with Crippen molar-refractivity contribution in [3.63, 3.8) is 0 Å². The lowest BCUT2D eigenvalue weighted by atomic mass is 10.0. The van der Waals surface area contributed by atoms with E-state index in [9.17, 15) is 14.4 Å². The Bertz CT molecular complexity index is 2420. The summed E-state index contributed by atoms with van der Waals surface area (Å²) in [5.41, 5.74) is 3.53. The van der Waals surface area contributed by atoms with Crippen molar-refractivity contribution in [3.8, 4) is 34.4 Å². The second-order valence-corrected chi connectivity index (χ2v) is 13.0. The number of hydrogen-bond donors (Lipinski definition) is 0. The van der Waals surface area contributed by atoms with Crippen LogP contribution in [0.4, 0.5) is 14.6 Å². The first-order chi connectivity index (χ1) is 25.1. The lowest BCUT2D eigenvalue weighted by Crippen LogP contribution is -2.47. The Morgan fingerprint density at radius 2 is 1.87 bits per heavy atom. The highest BCUT2D eigenvalue weighted by atomic mass is 19.1. The molecule has 1 fully saturated rings. The van der Waals surface area contributed by atoms with Crippen molar-refractivity contribution in [2.24, 2.45) is 0 Å². The largest absolute Gasteiger partial charge is 0.494 e. The number of anilines is 1. The molecule has 2 aliphatic rings. The number of fused-ring (bicyclic) bond motifs is 6. The van der Waals surface area contributed by atoms with Crippen LogP contribution in [-0.2, 0) is 16.1 Å². The van der Waals surface area contributed by atoms with Crippen LogP contribution in [0.5, 0.6) is 11.5 Å². The maximum absolute atomic E-state index is 15.1. The number of aromatic nitrogens is 6. The molecular formula is C37H33F2N9O4. The number of hydrogen-bond acceptors (Lipinski definition) is 10. The Balaban J connectivity index is 1.25. The van der Waals surface area contributed by atoms with E-state index in [0.717, 1.165) is 0 Å². The smallest absolute Gasteiger partial charge is 0.245 e. The maximum atomic E-state index is 15.1. The fourth-order valence-electron chi connectivity index (χ4n) is 7.35. The minimum absolute atomic E-state index is 0.177. The van der Waals surface area contributed by atoms with Crippen LogP contribution in [0.1, 0.15) is 17.8 Å². The van der Waals surface area contributed by atoms with Crippen molar-refractivity contribution in [3.05, 3.63) is 84.1 Å². The Kier molecular flexibility index (Phi) is 8.18. The van der Waals surface area contributed by atoms with Crippen LogP contribution < -0.4 is 14.4 Å². The SMILES string of the molecule is COc1cc(F)ccc1-n1ncc2c(N3C[C@@H]4C[C@H]3C(=O)N(C)C[C@@H](OC)Cn3c(C)nc5cc(F)cc(c53)-c3cc(C#N)cc(c3)O4)ncnc21. The number of likely N-dealkylation sites (N-methyl/N-ethyl adjacent to an activating group) is 1. The van der Waals surface area contributed by atoms with Gasteiger partial charge in [-0.1, -0.05) is 0 Å². The van der Waals surface area contributed by atoms with Crippen LogP contribution in [-0.4, -0.2) is 92.7 Å². The fourth-order valence-corrected chi connectivity index (χ4v) is 7.35. The van der Waals surface area contributed by atoms with E-state index in [4.69, 9.17) is 14.2 Å². The van der Waals surface area contributed by atoms with Gasteiger partial charge in [0, 0.05) is 44.8 Å². The molecule has 1 amide bonds. The molecule has 5 heterocycles. The average Bonchev–Trinajstić information content (AvgIpc) is 3.85. The summed E-state index contributed by atoms with van der Waals surface area (Å²) in [7, 11) is 4.77. The highest BCUT2D eigenvalue weighted by molar-refractivity contribution is 5.94. The minimum atomic E-state index is -0.703. The zero-order valence-electron chi connectivity index (χ0n) is 28.7. The predicted octanol–water partition coefficient (Wildman–Crippen LogP) is 4.81. The molecule has 2 aliphatic heterocycles. The Labute approximate surface area is 296 Å². The molecule has 6 aromatic rings. The van der Waals surface area contributed by atoms with Gasteiger partial charge in [0.15, 0.2) is 5.65 Å². The number of halogens is 2. The fraction of sp³-hybridized carbons (Fsp3) is 0.297. The number of benzene rings is 3. The molecule has 0 saturated carbocycles. The van der Waals surface area contributed by atoms with Crippen LogP contribution in [0.25, 0.3) is 38.9 Å². The number of imidazole rings is 1. The lowest BCUT2D eigenvalue weighted by Gasteiger charge is -2.30. The number of nitriles is 1. The molecule has 4 bridgehead atoms. The van der Waals surface area contributed by atoms with Crippen LogP contribution in [0, 0.1) is 29.9 Å². The quantitative estimate of drug-likeness (QED) is 0.251. The van der Waals surface area contributed by atoms with E-state index in [-0.39, 0.29) is 24.7 Å². The summed E-state index contributed by atoms with van der Waals surface area (Å²) in [5.74, 6) is 0.679. The second kappa shape index (κ2) is 12.9. The van der Waals surface area contributed by atoms with Gasteiger partial charge in [-0.3, -0.25) is 4.79 Å². The summed E-state index contributed by atoms with van der Waals surface area (Å²) in [4.78, 5) is 31.7. The first-order valence-electron chi connectivity index (χ1n) is 16.6. The standard InChI is InChI=1S/C37H33F2N9O4/c1-20-44-30-11-24(39)10-28-22-7-21(14-40)8-25(9-22)52-26-13-32(37(49)45(2)16-27(50-3)18-46(20)34(28)30)47(17-26)35-29-15-43-48(36(29)42-19-41-35)31-6-5-23(38)12-33(31)51-4/h5-12,15,19,26-27,32H,13,16-18H2,1-4H3/t26-,27+,32-/m0/s1. The average molecular weight is 706 g/mol. The van der Waals surface area contributed by atoms with Crippen LogP contribution in [0.2, 0.25) is 0 Å². The lowest BCUT2D eigenvalue weighted by molar-refractivity contribution is -0.133. The van der Waals surface area contributed by atoms with E-state index in [0.29, 0.717) is 74.8 Å². The predicted molar refractivity (Wildman–Crippen MR) is 186 cm³/mol. The van der Waals surface area contributed by atoms with Crippen molar-refractivity contribution in [1.29, 1.82) is 5.26 Å². The number of ether oxygens (including phenoxy) is 3. The van der Waals surface area contributed by atoms with Crippen LogP contribution in [0.15, 0.2) is 61.1 Å². The number of rotatable bonds is 4. The molecule has 0 aliphatic carbocycles. The zero-order valence-corrected chi connectivity index (χ0v) is 28.7. The van der Waals surface area contributed by atoms with Gasteiger partial charge in [-0.2, -0.15) is 10.4 Å². The van der Waals surface area contributed by atoms with Crippen molar-refractivity contribution in [2.75, 3.05) is 39.3 Å². The second-order valence-electron chi connectivity index (χ2n) is 13.0. The van der Waals surface area contributed by atoms with E-state index in [1.807, 2.05) is 16.4 Å². The molecule has 13 nitrogen and oxygen atoms in total. The molecule has 52 heavy (non-hydrogen) atoms. The molecule has 3 aromatic carbocycles. The van der Waals surface area contributed by atoms with Gasteiger partial charge in [0.2, 0.25) is 5.91 Å². The maximum Gasteiger partial charge on any atom is 0.245 e. The van der Waals surface area contributed by atoms with Gasteiger partial charge < -0.3 is 28.6 Å². The molecule has 3 aromatic heterocycles. The molecule has 15 heteroatoms. The summed E-state index contributed by atoms with van der Waals surface area (Å²) in [6.07, 6.45) is 2.33. The van der Waals surface area contributed by atoms with Crippen LogP contribution in [0.3, 0.4) is 0 Å². The summed E-state index contributed by atoms with van der Waals surface area (Å²) < 4.78 is 50.6. The van der Waals surface area contributed by atoms with Gasteiger partial charge in [-0.25, -0.2) is 28.4 Å². The normalized spacial score (nSPS) is 19.0. The Morgan fingerprint density at radius 1 is 1.02 bits per heavy atom. The highest BCUT2D eigenvalue weighted by Crippen LogP contribution is 2.37. The Morgan fingerprint density at radius 3 is 2.65 bits per heavy atom. The van der Waals surface area contributed by atoms with Crippen molar-refractivity contribution < 1.29 is 27.8 Å².